The van der Waals surface area contributed by atoms with E-state index in [1.807, 2.05) is 24.4 Å². The Bertz CT molecular complexity index is 1080. The highest BCUT2D eigenvalue weighted by atomic mass is 19.1. The Morgan fingerprint density at radius 2 is 1.93 bits per heavy atom. The lowest BCUT2D eigenvalue weighted by atomic mass is 10.1. The predicted octanol–water partition coefficient (Wildman–Crippen LogP) is 4.25. The van der Waals surface area contributed by atoms with Crippen molar-refractivity contribution >= 4 is 16.8 Å². The van der Waals surface area contributed by atoms with Gasteiger partial charge < -0.3 is 14.7 Å². The average Bonchev–Trinajstić information content (AvgIpc) is 3.35. The van der Waals surface area contributed by atoms with Crippen LogP contribution in [0.4, 0.5) is 4.39 Å². The van der Waals surface area contributed by atoms with Crippen LogP contribution in [0.5, 0.6) is 0 Å². The van der Waals surface area contributed by atoms with Crippen LogP contribution in [0, 0.1) is 5.82 Å². The number of rotatable bonds is 7. The molecular weight excluding hydrogens is 357 g/mol. The normalized spacial score (nSPS) is 11.0. The van der Waals surface area contributed by atoms with Crippen LogP contribution in [0.3, 0.4) is 0 Å². The number of aromatic amines is 1. The molecule has 2 aromatic heterocycles. The molecule has 0 aliphatic rings. The van der Waals surface area contributed by atoms with Crippen LogP contribution in [0.1, 0.15) is 17.9 Å². The Morgan fingerprint density at radius 1 is 1.11 bits per heavy atom. The fourth-order valence-electron chi connectivity index (χ4n) is 3.16. The largest absolute Gasteiger partial charge is 0.441 e. The number of aromatic nitrogens is 2. The predicted molar refractivity (Wildman–Crippen MR) is 105 cm³/mol. The summed E-state index contributed by atoms with van der Waals surface area (Å²) >= 11 is 0. The van der Waals surface area contributed by atoms with E-state index in [2.05, 4.69) is 21.4 Å². The summed E-state index contributed by atoms with van der Waals surface area (Å²) in [5.74, 6) is 0.718. The highest BCUT2D eigenvalue weighted by molar-refractivity contribution is 5.83. The minimum absolute atomic E-state index is 0.0404. The molecule has 5 nitrogen and oxygen atoms in total. The van der Waals surface area contributed by atoms with Crippen molar-refractivity contribution in [3.63, 3.8) is 0 Å². The maximum Gasteiger partial charge on any atom is 0.220 e. The number of hydrogen-bond donors (Lipinski definition) is 2. The number of nitrogens with zero attached hydrogens (tertiary/aromatic N) is 1. The van der Waals surface area contributed by atoms with Crippen molar-refractivity contribution in [3.8, 4) is 11.3 Å². The first-order valence-electron chi connectivity index (χ1n) is 9.21. The first kappa shape index (κ1) is 18.0. The first-order valence-corrected chi connectivity index (χ1v) is 9.21. The van der Waals surface area contributed by atoms with Crippen LogP contribution >= 0.6 is 0 Å². The number of H-pyrrole nitrogens is 1. The number of oxazole rings is 1. The van der Waals surface area contributed by atoms with E-state index >= 15 is 0 Å². The van der Waals surface area contributed by atoms with Crippen molar-refractivity contribution in [2.75, 3.05) is 6.54 Å². The second kappa shape index (κ2) is 8.08. The number of fused-ring (bicyclic) bond motifs is 1. The van der Waals surface area contributed by atoms with Gasteiger partial charge in [0.05, 0.1) is 6.20 Å². The maximum atomic E-state index is 13.0. The molecule has 0 fully saturated rings. The van der Waals surface area contributed by atoms with Crippen molar-refractivity contribution in [3.05, 3.63) is 78.2 Å². The van der Waals surface area contributed by atoms with Crippen molar-refractivity contribution in [1.29, 1.82) is 0 Å². The molecule has 4 rings (SSSR count). The zero-order valence-corrected chi connectivity index (χ0v) is 15.2. The van der Waals surface area contributed by atoms with Crippen LogP contribution in [0.15, 0.2) is 65.3 Å². The van der Waals surface area contributed by atoms with Gasteiger partial charge >= 0.3 is 0 Å². The summed E-state index contributed by atoms with van der Waals surface area (Å²) < 4.78 is 18.6. The van der Waals surface area contributed by atoms with Crippen LogP contribution < -0.4 is 5.32 Å². The van der Waals surface area contributed by atoms with Crippen molar-refractivity contribution in [2.24, 2.45) is 0 Å². The number of carbonyl (C=O) groups is 1. The quantitative estimate of drug-likeness (QED) is 0.506. The molecule has 1 amide bonds. The Hall–Kier alpha value is -3.41. The van der Waals surface area contributed by atoms with E-state index in [1.165, 1.54) is 23.1 Å². The summed E-state index contributed by atoms with van der Waals surface area (Å²) in [7, 11) is 0. The Morgan fingerprint density at radius 3 is 2.79 bits per heavy atom. The molecule has 0 saturated carbocycles. The van der Waals surface area contributed by atoms with Gasteiger partial charge in [-0.15, -0.1) is 0 Å². The summed E-state index contributed by atoms with van der Waals surface area (Å²) in [6.07, 6.45) is 5.07. The zero-order valence-electron chi connectivity index (χ0n) is 15.2. The van der Waals surface area contributed by atoms with E-state index in [4.69, 9.17) is 4.42 Å². The SMILES string of the molecule is O=C(CCc1ncc(-c2ccc(F)cc2)o1)NCCc1c[nH]c2ccccc12. The summed E-state index contributed by atoms with van der Waals surface area (Å²) in [5, 5.41) is 4.12. The molecule has 0 aliphatic heterocycles. The van der Waals surface area contributed by atoms with Gasteiger partial charge in [-0.1, -0.05) is 18.2 Å². The number of para-hydroxylation sites is 1. The summed E-state index contributed by atoms with van der Waals surface area (Å²) in [6, 6.07) is 14.1. The second-order valence-corrected chi connectivity index (χ2v) is 6.58. The number of hydrogen-bond acceptors (Lipinski definition) is 3. The van der Waals surface area contributed by atoms with Crippen LogP contribution in [-0.2, 0) is 17.6 Å². The van der Waals surface area contributed by atoms with E-state index in [1.54, 1.807) is 18.3 Å². The molecule has 4 aromatic rings. The molecule has 142 valence electrons. The lowest BCUT2D eigenvalue weighted by molar-refractivity contribution is -0.121. The Kier molecular flexibility index (Phi) is 5.19. The molecular formula is C22H20FN3O2. The second-order valence-electron chi connectivity index (χ2n) is 6.58. The number of carbonyl (C=O) groups excluding carboxylic acids is 1. The third kappa shape index (κ3) is 4.11. The van der Waals surface area contributed by atoms with E-state index < -0.39 is 0 Å². The van der Waals surface area contributed by atoms with Gasteiger partial charge in [-0.05, 0) is 42.3 Å². The molecule has 0 unspecified atom stereocenters. The lowest BCUT2D eigenvalue weighted by Gasteiger charge is -2.04. The van der Waals surface area contributed by atoms with Crippen LogP contribution in [0.2, 0.25) is 0 Å². The molecule has 2 heterocycles. The van der Waals surface area contributed by atoms with Gasteiger partial charge in [0.25, 0.3) is 0 Å². The highest BCUT2D eigenvalue weighted by Gasteiger charge is 2.10. The minimum atomic E-state index is -0.298. The van der Waals surface area contributed by atoms with Gasteiger partial charge in [0.15, 0.2) is 11.7 Å². The molecule has 0 radical (unpaired) electrons. The highest BCUT2D eigenvalue weighted by Crippen LogP contribution is 2.21. The van der Waals surface area contributed by atoms with Gasteiger partial charge in [0, 0.05) is 42.0 Å². The van der Waals surface area contributed by atoms with Gasteiger partial charge in [0.1, 0.15) is 5.82 Å². The Balaban J connectivity index is 1.25. The monoisotopic (exact) mass is 377 g/mol. The van der Waals surface area contributed by atoms with E-state index in [0.29, 0.717) is 31.0 Å². The minimum Gasteiger partial charge on any atom is -0.441 e. The third-order valence-electron chi connectivity index (χ3n) is 4.64. The van der Waals surface area contributed by atoms with Crippen molar-refractivity contribution < 1.29 is 13.6 Å². The molecule has 6 heteroatoms. The molecule has 28 heavy (non-hydrogen) atoms. The topological polar surface area (TPSA) is 70.9 Å². The summed E-state index contributed by atoms with van der Waals surface area (Å²) in [6.45, 7) is 0.576. The third-order valence-corrected chi connectivity index (χ3v) is 4.64. The number of halogens is 1. The molecule has 0 atom stereocenters. The standard InChI is InChI=1S/C22H20FN3O2/c23-17-7-5-15(6-8-17)20-14-26-22(28-20)10-9-21(27)24-12-11-16-13-25-19-4-2-1-3-18(16)19/h1-8,13-14,25H,9-12H2,(H,24,27). The van der Waals surface area contributed by atoms with E-state index in [-0.39, 0.29) is 11.7 Å². The lowest BCUT2D eigenvalue weighted by Crippen LogP contribution is -2.25. The van der Waals surface area contributed by atoms with Gasteiger partial charge in [-0.3, -0.25) is 4.79 Å². The van der Waals surface area contributed by atoms with Gasteiger partial charge in [-0.2, -0.15) is 0 Å². The number of nitrogens with one attached hydrogen (secondary N) is 2. The van der Waals surface area contributed by atoms with Gasteiger partial charge in [0.2, 0.25) is 5.91 Å². The molecule has 2 aromatic carbocycles. The summed E-state index contributed by atoms with van der Waals surface area (Å²) in [4.78, 5) is 19.5. The molecule has 0 bridgehead atoms. The molecule has 0 spiro atoms. The zero-order chi connectivity index (χ0) is 19.3. The van der Waals surface area contributed by atoms with Crippen molar-refractivity contribution in [2.45, 2.75) is 19.3 Å². The molecule has 2 N–H and O–H groups in total. The van der Waals surface area contributed by atoms with Gasteiger partial charge in [-0.25, -0.2) is 9.37 Å². The van der Waals surface area contributed by atoms with Crippen LogP contribution in [-0.4, -0.2) is 22.4 Å². The molecule has 0 saturated heterocycles. The maximum absolute atomic E-state index is 13.0. The van der Waals surface area contributed by atoms with Crippen molar-refractivity contribution in [1.82, 2.24) is 15.3 Å². The van der Waals surface area contributed by atoms with Crippen LogP contribution in [0.25, 0.3) is 22.2 Å². The number of benzene rings is 2. The van der Waals surface area contributed by atoms with E-state index in [9.17, 15) is 9.18 Å². The number of amides is 1. The number of aryl methyl sites for hydroxylation is 1. The fraction of sp³-hybridized carbons (Fsp3) is 0.182. The average molecular weight is 377 g/mol. The fourth-order valence-corrected chi connectivity index (χ4v) is 3.16. The summed E-state index contributed by atoms with van der Waals surface area (Å²) in [5.41, 5.74) is 3.04. The van der Waals surface area contributed by atoms with E-state index in [0.717, 1.165) is 17.5 Å². The smallest absolute Gasteiger partial charge is 0.220 e. The first-order chi connectivity index (χ1) is 13.7. The molecule has 0 aliphatic carbocycles. The Labute approximate surface area is 161 Å².